The normalized spacial score (nSPS) is 22.5. The maximum Gasteiger partial charge on any atom is 0.0113 e. The van der Waals surface area contributed by atoms with E-state index in [4.69, 9.17) is 5.73 Å². The number of hydrogen-bond donors (Lipinski definition) is 1. The lowest BCUT2D eigenvalue weighted by atomic mass is 10.1. The maximum absolute atomic E-state index is 5.52. The summed E-state index contributed by atoms with van der Waals surface area (Å²) in [5.41, 5.74) is 5.52. The van der Waals surface area contributed by atoms with Gasteiger partial charge in [0, 0.05) is 32.2 Å². The Morgan fingerprint density at radius 1 is 1.21 bits per heavy atom. The van der Waals surface area contributed by atoms with Crippen molar-refractivity contribution in [3.63, 3.8) is 0 Å². The van der Waals surface area contributed by atoms with Gasteiger partial charge in [0.1, 0.15) is 0 Å². The van der Waals surface area contributed by atoms with Gasteiger partial charge in [-0.3, -0.25) is 4.90 Å². The molecule has 0 aromatic rings. The minimum atomic E-state index is 0.720. The summed E-state index contributed by atoms with van der Waals surface area (Å²) in [4.78, 5) is 5.12. The molecule has 0 bridgehead atoms. The van der Waals surface area contributed by atoms with Gasteiger partial charge in [-0.25, -0.2) is 0 Å². The first-order chi connectivity index (χ1) is 6.77. The molecule has 1 aliphatic heterocycles. The lowest BCUT2D eigenvalue weighted by Gasteiger charge is -2.37. The van der Waals surface area contributed by atoms with Crippen molar-refractivity contribution in [1.82, 2.24) is 9.80 Å². The van der Waals surface area contributed by atoms with Gasteiger partial charge in [0.15, 0.2) is 0 Å². The maximum atomic E-state index is 5.52. The first kappa shape index (κ1) is 12.0. The molecule has 3 heteroatoms. The smallest absolute Gasteiger partial charge is 0.0113 e. The Bertz CT molecular complexity index is 141. The third-order valence-corrected chi connectivity index (χ3v) is 3.30. The molecule has 1 aliphatic rings. The molecule has 1 atom stereocenters. The van der Waals surface area contributed by atoms with Crippen LogP contribution in [0.1, 0.15) is 26.7 Å². The first-order valence-electron chi connectivity index (χ1n) is 5.94. The molecule has 84 valence electrons. The second-order valence-electron chi connectivity index (χ2n) is 4.25. The summed E-state index contributed by atoms with van der Waals surface area (Å²) in [5, 5.41) is 0. The van der Waals surface area contributed by atoms with Gasteiger partial charge in [0.25, 0.3) is 0 Å². The summed E-state index contributed by atoms with van der Waals surface area (Å²) in [6.07, 6.45) is 2.41. The van der Waals surface area contributed by atoms with Gasteiger partial charge in [0.05, 0.1) is 0 Å². The molecule has 1 fully saturated rings. The van der Waals surface area contributed by atoms with Gasteiger partial charge >= 0.3 is 0 Å². The predicted octanol–water partition coefficient (Wildman–Crippen LogP) is 0.751. The molecule has 2 N–H and O–H groups in total. The summed E-state index contributed by atoms with van der Waals surface area (Å²) >= 11 is 0. The molecule has 0 aromatic heterocycles. The van der Waals surface area contributed by atoms with Crippen molar-refractivity contribution in [2.24, 2.45) is 5.73 Å². The number of nitrogens with zero attached hydrogens (tertiary/aromatic N) is 2. The Kier molecular flexibility index (Phi) is 5.45. The highest BCUT2D eigenvalue weighted by atomic mass is 15.3. The van der Waals surface area contributed by atoms with Gasteiger partial charge in [-0.2, -0.15) is 0 Å². The highest BCUT2D eigenvalue weighted by Gasteiger charge is 2.19. The lowest BCUT2D eigenvalue weighted by Crippen LogP contribution is -2.49. The van der Waals surface area contributed by atoms with E-state index in [1.54, 1.807) is 0 Å². The van der Waals surface area contributed by atoms with Crippen LogP contribution in [-0.2, 0) is 0 Å². The first-order valence-corrected chi connectivity index (χ1v) is 5.94. The van der Waals surface area contributed by atoms with Crippen molar-refractivity contribution in [2.75, 3.05) is 39.3 Å². The molecule has 0 radical (unpaired) electrons. The van der Waals surface area contributed by atoms with Crippen LogP contribution in [0.3, 0.4) is 0 Å². The van der Waals surface area contributed by atoms with Crippen molar-refractivity contribution in [2.45, 2.75) is 32.7 Å². The van der Waals surface area contributed by atoms with Crippen molar-refractivity contribution < 1.29 is 0 Å². The quantitative estimate of drug-likeness (QED) is 0.709. The largest absolute Gasteiger partial charge is 0.330 e. The molecular weight excluding hydrogens is 174 g/mol. The number of piperazine rings is 1. The second-order valence-corrected chi connectivity index (χ2v) is 4.25. The van der Waals surface area contributed by atoms with E-state index in [0.717, 1.165) is 19.0 Å². The van der Waals surface area contributed by atoms with Crippen LogP contribution in [0, 0.1) is 0 Å². The number of nitrogens with two attached hydrogens (primary N) is 1. The molecule has 0 spiro atoms. The third kappa shape index (κ3) is 3.56. The average molecular weight is 199 g/mol. The summed E-state index contributed by atoms with van der Waals surface area (Å²) in [7, 11) is 0. The standard InChI is InChI=1S/C11H25N3/c1-3-13-7-9-14(10-8-13)11(2)5-4-6-12/h11H,3-10,12H2,1-2H3. The summed E-state index contributed by atoms with van der Waals surface area (Å²) in [6, 6.07) is 0.720. The fraction of sp³-hybridized carbons (Fsp3) is 1.00. The van der Waals surface area contributed by atoms with Crippen LogP contribution in [0.5, 0.6) is 0 Å². The Morgan fingerprint density at radius 3 is 2.36 bits per heavy atom. The van der Waals surface area contributed by atoms with Crippen molar-refractivity contribution in [3.05, 3.63) is 0 Å². The molecule has 1 rings (SSSR count). The van der Waals surface area contributed by atoms with Gasteiger partial charge < -0.3 is 10.6 Å². The monoisotopic (exact) mass is 199 g/mol. The van der Waals surface area contributed by atoms with Gasteiger partial charge in [-0.1, -0.05) is 6.92 Å². The summed E-state index contributed by atoms with van der Waals surface area (Å²) in [6.45, 7) is 11.6. The highest BCUT2D eigenvalue weighted by molar-refractivity contribution is 4.75. The van der Waals surface area contributed by atoms with Gasteiger partial charge in [-0.15, -0.1) is 0 Å². The Labute approximate surface area is 88.2 Å². The van der Waals surface area contributed by atoms with E-state index in [1.807, 2.05) is 0 Å². The van der Waals surface area contributed by atoms with Crippen molar-refractivity contribution in [1.29, 1.82) is 0 Å². The Hall–Kier alpha value is -0.120. The molecule has 0 aliphatic carbocycles. The SMILES string of the molecule is CCN1CCN(C(C)CCCN)CC1. The van der Waals surface area contributed by atoms with E-state index in [0.29, 0.717) is 0 Å². The number of rotatable bonds is 5. The van der Waals surface area contributed by atoms with Crippen LogP contribution in [-0.4, -0.2) is 55.1 Å². The minimum absolute atomic E-state index is 0.720. The molecule has 1 unspecified atom stereocenters. The van der Waals surface area contributed by atoms with E-state index in [2.05, 4.69) is 23.6 Å². The fourth-order valence-corrected chi connectivity index (χ4v) is 2.12. The van der Waals surface area contributed by atoms with E-state index >= 15 is 0 Å². The van der Waals surface area contributed by atoms with Gasteiger partial charge in [-0.05, 0) is 32.9 Å². The molecule has 1 heterocycles. The lowest BCUT2D eigenvalue weighted by molar-refractivity contribution is 0.102. The van der Waals surface area contributed by atoms with Crippen LogP contribution in [0.4, 0.5) is 0 Å². The molecule has 1 saturated heterocycles. The van der Waals surface area contributed by atoms with Gasteiger partial charge in [0.2, 0.25) is 0 Å². The van der Waals surface area contributed by atoms with Crippen LogP contribution in [0.25, 0.3) is 0 Å². The zero-order valence-electron chi connectivity index (χ0n) is 9.71. The van der Waals surface area contributed by atoms with E-state index < -0.39 is 0 Å². The molecule has 0 saturated carbocycles. The zero-order valence-corrected chi connectivity index (χ0v) is 9.71. The van der Waals surface area contributed by atoms with Crippen LogP contribution >= 0.6 is 0 Å². The topological polar surface area (TPSA) is 32.5 Å². The molecule has 3 nitrogen and oxygen atoms in total. The van der Waals surface area contributed by atoms with Crippen LogP contribution < -0.4 is 5.73 Å². The Morgan fingerprint density at radius 2 is 1.86 bits per heavy atom. The van der Waals surface area contributed by atoms with Crippen LogP contribution in [0.15, 0.2) is 0 Å². The third-order valence-electron chi connectivity index (χ3n) is 3.30. The predicted molar refractivity (Wildman–Crippen MR) is 61.4 cm³/mol. The average Bonchev–Trinajstić information content (AvgIpc) is 2.26. The van der Waals surface area contributed by atoms with Crippen molar-refractivity contribution in [3.8, 4) is 0 Å². The van der Waals surface area contributed by atoms with Crippen LogP contribution in [0.2, 0.25) is 0 Å². The zero-order chi connectivity index (χ0) is 10.4. The number of hydrogen-bond acceptors (Lipinski definition) is 3. The Balaban J connectivity index is 2.19. The summed E-state index contributed by atoms with van der Waals surface area (Å²) in [5.74, 6) is 0. The van der Waals surface area contributed by atoms with E-state index in [9.17, 15) is 0 Å². The van der Waals surface area contributed by atoms with E-state index in [-0.39, 0.29) is 0 Å². The minimum Gasteiger partial charge on any atom is -0.330 e. The molecular formula is C11H25N3. The van der Waals surface area contributed by atoms with Crippen molar-refractivity contribution >= 4 is 0 Å². The highest BCUT2D eigenvalue weighted by Crippen LogP contribution is 2.09. The molecule has 0 amide bonds. The molecule has 14 heavy (non-hydrogen) atoms. The van der Waals surface area contributed by atoms with E-state index in [1.165, 1.54) is 39.1 Å². The summed E-state index contributed by atoms with van der Waals surface area (Å²) < 4.78 is 0. The second kappa shape index (κ2) is 6.38. The molecule has 0 aromatic carbocycles. The fourth-order valence-electron chi connectivity index (χ4n) is 2.12. The number of likely N-dealkylation sites (N-methyl/N-ethyl adjacent to an activating group) is 1.